The molecule has 1 unspecified atom stereocenters. The molecule has 2 aromatic rings. The Hall–Kier alpha value is -1.65. The van der Waals surface area contributed by atoms with E-state index >= 15 is 0 Å². The Morgan fingerprint density at radius 3 is 2.57 bits per heavy atom. The van der Waals surface area contributed by atoms with Gasteiger partial charge in [-0.3, -0.25) is 0 Å². The second kappa shape index (κ2) is 6.87. The zero-order valence-corrected chi connectivity index (χ0v) is 12.5. The van der Waals surface area contributed by atoms with E-state index in [0.717, 1.165) is 5.56 Å². The topological polar surface area (TPSA) is 21.3 Å². The van der Waals surface area contributed by atoms with Gasteiger partial charge in [-0.25, -0.2) is 8.78 Å². The predicted molar refractivity (Wildman–Crippen MR) is 79.9 cm³/mol. The molecule has 2 aromatic carbocycles. The van der Waals surface area contributed by atoms with Crippen LogP contribution >= 0.6 is 11.6 Å². The molecule has 2 nitrogen and oxygen atoms in total. The third-order valence-corrected chi connectivity index (χ3v) is 3.64. The average molecular weight is 312 g/mol. The molecule has 1 atom stereocenters. The molecule has 0 spiro atoms. The monoisotopic (exact) mass is 311 g/mol. The summed E-state index contributed by atoms with van der Waals surface area (Å²) in [5, 5.41) is 3.12. The fourth-order valence-corrected chi connectivity index (χ4v) is 2.49. The van der Waals surface area contributed by atoms with Gasteiger partial charge in [0.1, 0.15) is 17.4 Å². The zero-order valence-electron chi connectivity index (χ0n) is 11.8. The largest absolute Gasteiger partial charge is 0.496 e. The molecule has 0 aromatic heterocycles. The molecular weight excluding hydrogens is 296 g/mol. The summed E-state index contributed by atoms with van der Waals surface area (Å²) in [4.78, 5) is 0. The molecule has 0 radical (unpaired) electrons. The van der Waals surface area contributed by atoms with Crippen molar-refractivity contribution in [1.82, 2.24) is 5.32 Å². The van der Waals surface area contributed by atoms with Crippen LogP contribution in [-0.4, -0.2) is 14.2 Å². The molecule has 5 heteroatoms. The van der Waals surface area contributed by atoms with Crippen molar-refractivity contribution < 1.29 is 13.5 Å². The third-order valence-electron chi connectivity index (χ3n) is 3.35. The van der Waals surface area contributed by atoms with Gasteiger partial charge in [-0.15, -0.1) is 0 Å². The molecule has 1 N–H and O–H groups in total. The molecule has 0 heterocycles. The van der Waals surface area contributed by atoms with Crippen molar-refractivity contribution in [3.8, 4) is 5.75 Å². The zero-order chi connectivity index (χ0) is 15.4. The van der Waals surface area contributed by atoms with E-state index in [0.29, 0.717) is 17.7 Å². The van der Waals surface area contributed by atoms with Crippen LogP contribution in [0, 0.1) is 11.6 Å². The van der Waals surface area contributed by atoms with E-state index < -0.39 is 5.82 Å². The van der Waals surface area contributed by atoms with Crippen LogP contribution in [0.1, 0.15) is 17.2 Å². The molecule has 0 fully saturated rings. The first-order chi connectivity index (χ1) is 10.1. The minimum atomic E-state index is -0.468. The highest BCUT2D eigenvalue weighted by Gasteiger charge is 2.19. The Balaban J connectivity index is 2.34. The van der Waals surface area contributed by atoms with Crippen LogP contribution in [0.2, 0.25) is 5.02 Å². The molecule has 2 rings (SSSR count). The Morgan fingerprint density at radius 1 is 1.19 bits per heavy atom. The second-order valence-electron chi connectivity index (χ2n) is 4.65. The van der Waals surface area contributed by atoms with Gasteiger partial charge in [-0.1, -0.05) is 23.7 Å². The highest BCUT2D eigenvalue weighted by Crippen LogP contribution is 2.30. The van der Waals surface area contributed by atoms with Crippen molar-refractivity contribution in [2.75, 3.05) is 14.2 Å². The summed E-state index contributed by atoms with van der Waals surface area (Å²) in [5.74, 6) is -0.339. The van der Waals surface area contributed by atoms with Crippen molar-refractivity contribution in [3.05, 3.63) is 64.2 Å². The summed E-state index contributed by atoms with van der Waals surface area (Å²) < 4.78 is 32.5. The molecule has 0 bridgehead atoms. The Labute approximate surface area is 127 Å². The summed E-state index contributed by atoms with van der Waals surface area (Å²) in [6, 6.07) is 8.89. The number of methoxy groups -OCH3 is 1. The van der Waals surface area contributed by atoms with Gasteiger partial charge in [0, 0.05) is 11.6 Å². The van der Waals surface area contributed by atoms with Gasteiger partial charge >= 0.3 is 0 Å². The fraction of sp³-hybridized carbons (Fsp3) is 0.250. The van der Waals surface area contributed by atoms with Crippen molar-refractivity contribution in [1.29, 1.82) is 0 Å². The van der Waals surface area contributed by atoms with Gasteiger partial charge in [0.25, 0.3) is 0 Å². The SMILES string of the molecule is CNC(Cc1ccc(F)c(Cl)c1)c1c(F)cccc1OC. The minimum Gasteiger partial charge on any atom is -0.496 e. The lowest BCUT2D eigenvalue weighted by atomic mass is 9.97. The lowest BCUT2D eigenvalue weighted by Gasteiger charge is -2.20. The van der Waals surface area contributed by atoms with Crippen LogP contribution < -0.4 is 10.1 Å². The first-order valence-electron chi connectivity index (χ1n) is 6.50. The maximum Gasteiger partial charge on any atom is 0.141 e. The number of benzene rings is 2. The molecule has 0 saturated carbocycles. The van der Waals surface area contributed by atoms with E-state index in [-0.39, 0.29) is 16.9 Å². The van der Waals surface area contributed by atoms with Crippen LogP contribution in [0.3, 0.4) is 0 Å². The number of halogens is 3. The van der Waals surface area contributed by atoms with Gasteiger partial charge in [-0.2, -0.15) is 0 Å². The van der Waals surface area contributed by atoms with Gasteiger partial charge in [0.05, 0.1) is 12.1 Å². The summed E-state index contributed by atoms with van der Waals surface area (Å²) in [5.41, 5.74) is 1.26. The van der Waals surface area contributed by atoms with Crippen LogP contribution in [-0.2, 0) is 6.42 Å². The van der Waals surface area contributed by atoms with Crippen molar-refractivity contribution in [2.45, 2.75) is 12.5 Å². The van der Waals surface area contributed by atoms with E-state index in [4.69, 9.17) is 16.3 Å². The summed E-state index contributed by atoms with van der Waals surface area (Å²) >= 11 is 5.78. The lowest BCUT2D eigenvalue weighted by molar-refractivity contribution is 0.393. The number of hydrogen-bond acceptors (Lipinski definition) is 2. The molecule has 21 heavy (non-hydrogen) atoms. The van der Waals surface area contributed by atoms with Crippen LogP contribution in [0.15, 0.2) is 36.4 Å². The van der Waals surface area contributed by atoms with Crippen molar-refractivity contribution >= 4 is 11.6 Å². The molecule has 0 saturated heterocycles. The lowest BCUT2D eigenvalue weighted by Crippen LogP contribution is -2.21. The van der Waals surface area contributed by atoms with Crippen LogP contribution in [0.25, 0.3) is 0 Å². The van der Waals surface area contributed by atoms with Gasteiger partial charge in [0.15, 0.2) is 0 Å². The standard InChI is InChI=1S/C16H16ClF2NO/c1-20-14(9-10-6-7-12(18)11(17)8-10)16-13(19)4-3-5-15(16)21-2/h3-8,14,20H,9H2,1-2H3. The first kappa shape index (κ1) is 15.7. The summed E-state index contributed by atoms with van der Waals surface area (Å²) in [7, 11) is 3.24. The maximum atomic E-state index is 14.1. The maximum absolute atomic E-state index is 14.1. The molecule has 112 valence electrons. The number of nitrogens with one attached hydrogen (secondary N) is 1. The Kier molecular flexibility index (Phi) is 5.15. The molecule has 0 aliphatic carbocycles. The normalized spacial score (nSPS) is 12.2. The van der Waals surface area contributed by atoms with Gasteiger partial charge < -0.3 is 10.1 Å². The highest BCUT2D eigenvalue weighted by atomic mass is 35.5. The first-order valence-corrected chi connectivity index (χ1v) is 6.88. The van der Waals surface area contributed by atoms with Gasteiger partial charge in [-0.05, 0) is 43.3 Å². The fourth-order valence-electron chi connectivity index (χ4n) is 2.28. The molecule has 0 aliphatic heterocycles. The molecule has 0 aliphatic rings. The van der Waals surface area contributed by atoms with Crippen LogP contribution in [0.5, 0.6) is 5.75 Å². The Bertz CT molecular complexity index is 634. The third kappa shape index (κ3) is 3.52. The molecule has 0 amide bonds. The Morgan fingerprint density at radius 2 is 1.95 bits per heavy atom. The average Bonchev–Trinajstić information content (AvgIpc) is 2.48. The molecular formula is C16H16ClF2NO. The minimum absolute atomic E-state index is 0.0582. The second-order valence-corrected chi connectivity index (χ2v) is 5.06. The number of ether oxygens (including phenoxy) is 1. The van der Waals surface area contributed by atoms with E-state index in [1.807, 2.05) is 0 Å². The van der Waals surface area contributed by atoms with Crippen molar-refractivity contribution in [3.63, 3.8) is 0 Å². The smallest absolute Gasteiger partial charge is 0.141 e. The van der Waals surface area contributed by atoms with E-state index in [9.17, 15) is 8.78 Å². The quantitative estimate of drug-likeness (QED) is 0.896. The van der Waals surface area contributed by atoms with E-state index in [1.165, 1.54) is 19.2 Å². The predicted octanol–water partition coefficient (Wildman–Crippen LogP) is 4.13. The van der Waals surface area contributed by atoms with Crippen molar-refractivity contribution in [2.24, 2.45) is 0 Å². The van der Waals surface area contributed by atoms with Crippen LogP contribution in [0.4, 0.5) is 8.78 Å². The highest BCUT2D eigenvalue weighted by molar-refractivity contribution is 6.30. The number of likely N-dealkylation sites (N-methyl/N-ethyl adjacent to an activating group) is 1. The number of rotatable bonds is 5. The summed E-state index contributed by atoms with van der Waals surface area (Å²) in [6.07, 6.45) is 0.466. The summed E-state index contributed by atoms with van der Waals surface area (Å²) in [6.45, 7) is 0. The van der Waals surface area contributed by atoms with Gasteiger partial charge in [0.2, 0.25) is 0 Å². The van der Waals surface area contributed by atoms with E-state index in [1.54, 1.807) is 31.3 Å². The number of hydrogen-bond donors (Lipinski definition) is 1. The van der Waals surface area contributed by atoms with E-state index in [2.05, 4.69) is 5.32 Å².